The van der Waals surface area contributed by atoms with Crippen LogP contribution in [0.3, 0.4) is 0 Å². The maximum atomic E-state index is 11.5. The SMILES string of the molecule is NCCCC[C@H](N)C(=O)OOC(=O)c1ccccc1O. The molecule has 0 aliphatic heterocycles. The third-order valence-corrected chi connectivity index (χ3v) is 2.60. The van der Waals surface area contributed by atoms with Crippen LogP contribution in [0.4, 0.5) is 0 Å². The quantitative estimate of drug-likeness (QED) is 0.393. The Labute approximate surface area is 116 Å². The van der Waals surface area contributed by atoms with Crippen LogP contribution in [0.2, 0.25) is 0 Å². The van der Waals surface area contributed by atoms with Gasteiger partial charge in [-0.1, -0.05) is 18.6 Å². The monoisotopic (exact) mass is 282 g/mol. The van der Waals surface area contributed by atoms with Gasteiger partial charge in [-0.15, -0.1) is 0 Å². The topological polar surface area (TPSA) is 125 Å². The smallest absolute Gasteiger partial charge is 0.390 e. The highest BCUT2D eigenvalue weighted by Gasteiger charge is 2.20. The molecule has 1 rings (SSSR count). The average Bonchev–Trinajstić information content (AvgIpc) is 2.45. The van der Waals surface area contributed by atoms with E-state index < -0.39 is 18.0 Å². The van der Waals surface area contributed by atoms with Crippen molar-refractivity contribution < 1.29 is 24.5 Å². The van der Waals surface area contributed by atoms with E-state index in [1.807, 2.05) is 0 Å². The number of phenolic OH excluding ortho intramolecular Hbond substituents is 1. The highest BCUT2D eigenvalue weighted by molar-refractivity contribution is 5.92. The molecule has 0 fully saturated rings. The molecule has 0 aliphatic carbocycles. The minimum absolute atomic E-state index is 0.1000. The van der Waals surface area contributed by atoms with E-state index in [-0.39, 0.29) is 11.3 Å². The second-order valence-electron chi connectivity index (χ2n) is 4.18. The highest BCUT2D eigenvalue weighted by Crippen LogP contribution is 2.16. The number of hydrogen-bond acceptors (Lipinski definition) is 7. The number of carbonyl (C=O) groups excluding carboxylic acids is 2. The normalized spacial score (nSPS) is 11.7. The molecule has 0 saturated carbocycles. The number of hydrogen-bond donors (Lipinski definition) is 3. The van der Waals surface area contributed by atoms with Crippen molar-refractivity contribution in [2.75, 3.05) is 6.54 Å². The summed E-state index contributed by atoms with van der Waals surface area (Å²) in [7, 11) is 0. The molecule has 5 N–H and O–H groups in total. The average molecular weight is 282 g/mol. The molecule has 0 unspecified atom stereocenters. The van der Waals surface area contributed by atoms with Crippen molar-refractivity contribution in [2.45, 2.75) is 25.3 Å². The molecule has 20 heavy (non-hydrogen) atoms. The van der Waals surface area contributed by atoms with E-state index in [4.69, 9.17) is 11.5 Å². The summed E-state index contributed by atoms with van der Waals surface area (Å²) in [5.74, 6) is -2.07. The third-order valence-electron chi connectivity index (χ3n) is 2.60. The second-order valence-corrected chi connectivity index (χ2v) is 4.18. The van der Waals surface area contributed by atoms with Crippen LogP contribution in [0, 0.1) is 0 Å². The number of carbonyl (C=O) groups is 2. The molecule has 0 radical (unpaired) electrons. The summed E-state index contributed by atoms with van der Waals surface area (Å²) >= 11 is 0. The summed E-state index contributed by atoms with van der Waals surface area (Å²) in [5, 5.41) is 9.42. The minimum Gasteiger partial charge on any atom is -0.507 e. The van der Waals surface area contributed by atoms with Crippen molar-refractivity contribution in [1.29, 1.82) is 0 Å². The van der Waals surface area contributed by atoms with Gasteiger partial charge in [0.1, 0.15) is 17.4 Å². The summed E-state index contributed by atoms with van der Waals surface area (Å²) in [6, 6.07) is 4.87. The van der Waals surface area contributed by atoms with Crippen molar-refractivity contribution in [3.8, 4) is 5.75 Å². The molecule has 7 heteroatoms. The number of rotatable bonds is 6. The lowest BCUT2D eigenvalue weighted by Crippen LogP contribution is -2.33. The maximum absolute atomic E-state index is 11.5. The molecule has 1 aromatic carbocycles. The van der Waals surface area contributed by atoms with Crippen LogP contribution in [-0.4, -0.2) is 29.6 Å². The minimum atomic E-state index is -0.967. The van der Waals surface area contributed by atoms with Crippen molar-refractivity contribution in [3.63, 3.8) is 0 Å². The van der Waals surface area contributed by atoms with E-state index in [9.17, 15) is 14.7 Å². The number of phenols is 1. The van der Waals surface area contributed by atoms with E-state index >= 15 is 0 Å². The number of aromatic hydroxyl groups is 1. The molecule has 110 valence electrons. The van der Waals surface area contributed by atoms with Crippen LogP contribution in [0.15, 0.2) is 24.3 Å². The summed E-state index contributed by atoms with van der Waals surface area (Å²) in [5.41, 5.74) is 10.8. The van der Waals surface area contributed by atoms with Gasteiger partial charge in [-0.2, -0.15) is 0 Å². The summed E-state index contributed by atoms with van der Waals surface area (Å²) in [4.78, 5) is 31.7. The van der Waals surface area contributed by atoms with Crippen LogP contribution >= 0.6 is 0 Å². The number of benzene rings is 1. The second kappa shape index (κ2) is 8.13. The standard InChI is InChI=1S/C13H18N2O5/c14-8-4-3-6-10(15)13(18)20-19-12(17)9-5-1-2-7-11(9)16/h1-2,5,7,10,16H,3-4,6,8,14-15H2/t10-/m0/s1. The van der Waals surface area contributed by atoms with Gasteiger partial charge in [0.05, 0.1) is 0 Å². The number of nitrogens with two attached hydrogens (primary N) is 2. The van der Waals surface area contributed by atoms with E-state index in [1.54, 1.807) is 6.07 Å². The van der Waals surface area contributed by atoms with E-state index in [0.717, 1.165) is 6.42 Å². The maximum Gasteiger partial charge on any atom is 0.390 e. The predicted molar refractivity (Wildman–Crippen MR) is 70.5 cm³/mol. The van der Waals surface area contributed by atoms with Gasteiger partial charge >= 0.3 is 11.9 Å². The zero-order valence-corrected chi connectivity index (χ0v) is 11.0. The Morgan fingerprint density at radius 1 is 1.20 bits per heavy atom. The fourth-order valence-electron chi connectivity index (χ4n) is 1.46. The first-order chi connectivity index (χ1) is 9.56. The lowest BCUT2D eigenvalue weighted by Gasteiger charge is -2.09. The molecule has 0 heterocycles. The first kappa shape index (κ1) is 15.9. The first-order valence-electron chi connectivity index (χ1n) is 6.22. The van der Waals surface area contributed by atoms with Gasteiger partial charge in [0.2, 0.25) is 0 Å². The third kappa shape index (κ3) is 4.87. The molecule has 0 bridgehead atoms. The Bertz CT molecular complexity index is 464. The van der Waals surface area contributed by atoms with Gasteiger partial charge in [-0.3, -0.25) is 0 Å². The zero-order chi connectivity index (χ0) is 15.0. The van der Waals surface area contributed by atoms with Crippen molar-refractivity contribution in [1.82, 2.24) is 0 Å². The van der Waals surface area contributed by atoms with Crippen LogP contribution < -0.4 is 11.5 Å². The predicted octanol–water partition coefficient (Wildman–Crippen LogP) is 0.464. The van der Waals surface area contributed by atoms with Gasteiger partial charge in [-0.05, 0) is 31.5 Å². The molecule has 0 aliphatic rings. The fraction of sp³-hybridized carbons (Fsp3) is 0.385. The van der Waals surface area contributed by atoms with Crippen LogP contribution in [-0.2, 0) is 14.6 Å². The van der Waals surface area contributed by atoms with Crippen LogP contribution in [0.5, 0.6) is 5.75 Å². The molecule has 1 aromatic rings. The highest BCUT2D eigenvalue weighted by atomic mass is 17.2. The Kier molecular flexibility index (Phi) is 6.48. The van der Waals surface area contributed by atoms with Crippen LogP contribution in [0.1, 0.15) is 29.6 Å². The van der Waals surface area contributed by atoms with Crippen LogP contribution in [0.25, 0.3) is 0 Å². The molecule has 0 amide bonds. The summed E-state index contributed by atoms with van der Waals surface area (Å²) < 4.78 is 0. The molecule has 1 atom stereocenters. The van der Waals surface area contributed by atoms with Gasteiger partial charge in [0, 0.05) is 0 Å². The number of unbranched alkanes of at least 4 members (excludes halogenated alkanes) is 1. The molecular weight excluding hydrogens is 264 g/mol. The Hall–Kier alpha value is -2.12. The Morgan fingerprint density at radius 3 is 2.55 bits per heavy atom. The molecule has 0 aromatic heterocycles. The first-order valence-corrected chi connectivity index (χ1v) is 6.22. The van der Waals surface area contributed by atoms with E-state index in [1.165, 1.54) is 18.2 Å². The van der Waals surface area contributed by atoms with Gasteiger partial charge in [-0.25, -0.2) is 19.4 Å². The van der Waals surface area contributed by atoms with E-state index in [0.29, 0.717) is 19.4 Å². The lowest BCUT2D eigenvalue weighted by atomic mass is 10.1. The fourth-order valence-corrected chi connectivity index (χ4v) is 1.46. The summed E-state index contributed by atoms with van der Waals surface area (Å²) in [6.45, 7) is 0.518. The number of para-hydroxylation sites is 1. The van der Waals surface area contributed by atoms with Crippen molar-refractivity contribution in [2.24, 2.45) is 11.5 Å². The zero-order valence-electron chi connectivity index (χ0n) is 11.0. The lowest BCUT2D eigenvalue weighted by molar-refractivity contribution is -0.235. The van der Waals surface area contributed by atoms with Gasteiger partial charge in [0.15, 0.2) is 0 Å². The Balaban J connectivity index is 2.41. The molecule has 0 spiro atoms. The molecule has 0 saturated heterocycles. The van der Waals surface area contributed by atoms with E-state index in [2.05, 4.69) is 9.78 Å². The van der Waals surface area contributed by atoms with Gasteiger partial charge in [0.25, 0.3) is 0 Å². The van der Waals surface area contributed by atoms with Crippen molar-refractivity contribution >= 4 is 11.9 Å². The molecule has 7 nitrogen and oxygen atoms in total. The van der Waals surface area contributed by atoms with Crippen molar-refractivity contribution in [3.05, 3.63) is 29.8 Å². The van der Waals surface area contributed by atoms with Gasteiger partial charge < -0.3 is 16.6 Å². The largest absolute Gasteiger partial charge is 0.507 e. The Morgan fingerprint density at radius 2 is 1.90 bits per heavy atom. The molecular formula is C13H18N2O5. The summed E-state index contributed by atoms with van der Waals surface area (Å²) in [6.07, 6.45) is 1.82.